The van der Waals surface area contributed by atoms with E-state index in [-0.39, 0.29) is 0 Å². The molecule has 0 aliphatic rings. The standard InChI is InChI=1S/C6H9NO4/c1-3-4(5(8)9)7-6(10)11-2/h3-4H,1H2,2H3,(H,7,10)(H,8,9)/t4-/m1/s1. The molecule has 0 bridgehead atoms. The van der Waals surface area contributed by atoms with Crippen LogP contribution in [0.4, 0.5) is 4.79 Å². The summed E-state index contributed by atoms with van der Waals surface area (Å²) in [6.45, 7) is 3.22. The fourth-order valence-corrected chi connectivity index (χ4v) is 0.407. The van der Waals surface area contributed by atoms with E-state index in [0.29, 0.717) is 0 Å². The van der Waals surface area contributed by atoms with E-state index >= 15 is 0 Å². The predicted molar refractivity (Wildman–Crippen MR) is 37.2 cm³/mol. The number of hydrogen-bond donors (Lipinski definition) is 2. The van der Waals surface area contributed by atoms with Gasteiger partial charge in [0.1, 0.15) is 6.04 Å². The van der Waals surface area contributed by atoms with E-state index in [2.05, 4.69) is 11.3 Å². The first kappa shape index (κ1) is 9.48. The van der Waals surface area contributed by atoms with E-state index in [0.717, 1.165) is 13.2 Å². The van der Waals surface area contributed by atoms with Crippen LogP contribution in [0.1, 0.15) is 0 Å². The highest BCUT2D eigenvalue weighted by atomic mass is 16.5. The first-order chi connectivity index (χ1) is 5.11. The number of carboxylic acid groups (broad SMARTS) is 1. The molecule has 5 heteroatoms. The van der Waals surface area contributed by atoms with Crippen molar-refractivity contribution in [1.82, 2.24) is 5.32 Å². The number of carbonyl (C=O) groups excluding carboxylic acids is 1. The van der Waals surface area contributed by atoms with Crippen molar-refractivity contribution < 1.29 is 19.4 Å². The zero-order chi connectivity index (χ0) is 8.85. The third-order valence-corrected chi connectivity index (χ3v) is 0.961. The minimum atomic E-state index is -1.18. The molecule has 0 aliphatic carbocycles. The zero-order valence-electron chi connectivity index (χ0n) is 6.03. The highest BCUT2D eigenvalue weighted by Crippen LogP contribution is 1.85. The number of aliphatic carboxylic acids is 1. The van der Waals surface area contributed by atoms with Gasteiger partial charge in [0.15, 0.2) is 0 Å². The van der Waals surface area contributed by atoms with Crippen molar-refractivity contribution in [1.29, 1.82) is 0 Å². The summed E-state index contributed by atoms with van der Waals surface area (Å²) in [5, 5.41) is 10.4. The second kappa shape index (κ2) is 4.32. The Kier molecular flexibility index (Phi) is 3.72. The van der Waals surface area contributed by atoms with Crippen molar-refractivity contribution >= 4 is 12.1 Å². The lowest BCUT2D eigenvalue weighted by Crippen LogP contribution is -2.38. The molecule has 0 heterocycles. The SMILES string of the molecule is C=C[C@@H](NC(=O)OC)C(=O)O. The van der Waals surface area contributed by atoms with Crippen molar-refractivity contribution in [3.8, 4) is 0 Å². The molecule has 0 radical (unpaired) electrons. The minimum Gasteiger partial charge on any atom is -0.479 e. The number of hydrogen-bond acceptors (Lipinski definition) is 3. The Hall–Kier alpha value is -1.52. The van der Waals surface area contributed by atoms with Crippen LogP contribution in [-0.4, -0.2) is 30.3 Å². The van der Waals surface area contributed by atoms with E-state index in [1.807, 2.05) is 5.32 Å². The Morgan fingerprint density at radius 2 is 2.27 bits per heavy atom. The molecule has 11 heavy (non-hydrogen) atoms. The summed E-state index contributed by atoms with van der Waals surface area (Å²) >= 11 is 0. The number of alkyl carbamates (subject to hydrolysis) is 1. The normalized spacial score (nSPS) is 11.4. The van der Waals surface area contributed by atoms with Crippen LogP contribution in [0.2, 0.25) is 0 Å². The summed E-state index contributed by atoms with van der Waals surface area (Å²) in [5.74, 6) is -1.18. The first-order valence-corrected chi connectivity index (χ1v) is 2.81. The average molecular weight is 159 g/mol. The van der Waals surface area contributed by atoms with E-state index in [1.165, 1.54) is 0 Å². The van der Waals surface area contributed by atoms with Crippen LogP contribution in [0.3, 0.4) is 0 Å². The zero-order valence-corrected chi connectivity index (χ0v) is 6.03. The number of rotatable bonds is 3. The second-order valence-corrected chi connectivity index (χ2v) is 1.69. The van der Waals surface area contributed by atoms with Crippen LogP contribution in [0, 0.1) is 0 Å². The molecule has 62 valence electrons. The minimum absolute atomic E-state index is 0.794. The lowest BCUT2D eigenvalue weighted by molar-refractivity contribution is -0.138. The maximum Gasteiger partial charge on any atom is 0.407 e. The van der Waals surface area contributed by atoms with E-state index < -0.39 is 18.1 Å². The molecule has 0 spiro atoms. The van der Waals surface area contributed by atoms with Gasteiger partial charge in [-0.05, 0) is 0 Å². The van der Waals surface area contributed by atoms with Gasteiger partial charge in [0.2, 0.25) is 0 Å². The molecule has 0 saturated heterocycles. The fraction of sp³-hybridized carbons (Fsp3) is 0.333. The fourth-order valence-electron chi connectivity index (χ4n) is 0.407. The first-order valence-electron chi connectivity index (χ1n) is 2.81. The molecule has 1 atom stereocenters. The Morgan fingerprint density at radius 1 is 1.73 bits per heavy atom. The lowest BCUT2D eigenvalue weighted by Gasteiger charge is -2.07. The van der Waals surface area contributed by atoms with Crippen molar-refractivity contribution in [2.75, 3.05) is 7.11 Å². The average Bonchev–Trinajstić information content (AvgIpc) is 1.99. The van der Waals surface area contributed by atoms with Gasteiger partial charge in [0, 0.05) is 0 Å². The summed E-state index contributed by atoms with van der Waals surface area (Å²) in [4.78, 5) is 20.7. The molecule has 0 aromatic rings. The number of methoxy groups -OCH3 is 1. The van der Waals surface area contributed by atoms with E-state index in [4.69, 9.17) is 5.11 Å². The molecular weight excluding hydrogens is 150 g/mol. The van der Waals surface area contributed by atoms with Crippen molar-refractivity contribution in [3.63, 3.8) is 0 Å². The Bertz CT molecular complexity index is 177. The van der Waals surface area contributed by atoms with Crippen LogP contribution in [0.25, 0.3) is 0 Å². The molecule has 0 rings (SSSR count). The molecule has 0 fully saturated rings. The van der Waals surface area contributed by atoms with Gasteiger partial charge in [-0.2, -0.15) is 0 Å². The van der Waals surface area contributed by atoms with Crippen LogP contribution in [-0.2, 0) is 9.53 Å². The maximum atomic E-state index is 10.4. The predicted octanol–water partition coefficient (Wildman–Crippen LogP) is -0.0184. The lowest BCUT2D eigenvalue weighted by atomic mass is 10.3. The van der Waals surface area contributed by atoms with E-state index in [9.17, 15) is 9.59 Å². The molecule has 2 N–H and O–H groups in total. The molecule has 0 aromatic heterocycles. The van der Waals surface area contributed by atoms with Crippen LogP contribution >= 0.6 is 0 Å². The smallest absolute Gasteiger partial charge is 0.407 e. The molecule has 5 nitrogen and oxygen atoms in total. The number of amides is 1. The third kappa shape index (κ3) is 3.24. The van der Waals surface area contributed by atoms with Crippen molar-refractivity contribution in [2.24, 2.45) is 0 Å². The molecule has 0 unspecified atom stereocenters. The van der Waals surface area contributed by atoms with Gasteiger partial charge in [-0.15, -0.1) is 6.58 Å². The van der Waals surface area contributed by atoms with Crippen LogP contribution in [0.5, 0.6) is 0 Å². The maximum absolute atomic E-state index is 10.4. The molecule has 0 saturated carbocycles. The van der Waals surface area contributed by atoms with Crippen molar-refractivity contribution in [3.05, 3.63) is 12.7 Å². The van der Waals surface area contributed by atoms with Crippen LogP contribution in [0.15, 0.2) is 12.7 Å². The van der Waals surface area contributed by atoms with Gasteiger partial charge in [-0.1, -0.05) is 6.08 Å². The Balaban J connectivity index is 3.98. The van der Waals surface area contributed by atoms with Gasteiger partial charge >= 0.3 is 12.1 Å². The quantitative estimate of drug-likeness (QED) is 0.567. The van der Waals surface area contributed by atoms with Crippen molar-refractivity contribution in [2.45, 2.75) is 6.04 Å². The Labute approximate surface area is 63.7 Å². The topological polar surface area (TPSA) is 75.6 Å². The van der Waals surface area contributed by atoms with Crippen LogP contribution < -0.4 is 5.32 Å². The van der Waals surface area contributed by atoms with Gasteiger partial charge in [-0.3, -0.25) is 0 Å². The number of nitrogens with one attached hydrogen (secondary N) is 1. The largest absolute Gasteiger partial charge is 0.479 e. The highest BCUT2D eigenvalue weighted by Gasteiger charge is 2.15. The third-order valence-electron chi connectivity index (χ3n) is 0.961. The number of carbonyl (C=O) groups is 2. The van der Waals surface area contributed by atoms with Gasteiger partial charge in [-0.25, -0.2) is 9.59 Å². The number of carboxylic acids is 1. The summed E-state index contributed by atoms with van der Waals surface area (Å²) < 4.78 is 4.17. The number of ether oxygens (including phenoxy) is 1. The summed E-state index contributed by atoms with van der Waals surface area (Å²) in [6, 6.07) is -1.09. The van der Waals surface area contributed by atoms with Gasteiger partial charge in [0.05, 0.1) is 7.11 Å². The summed E-state index contributed by atoms with van der Waals surface area (Å²) in [7, 11) is 1.15. The highest BCUT2D eigenvalue weighted by molar-refractivity contribution is 5.81. The molecule has 0 aliphatic heterocycles. The molecule has 1 amide bonds. The summed E-state index contributed by atoms with van der Waals surface area (Å²) in [6.07, 6.45) is 0.302. The molecular formula is C6H9NO4. The molecule has 0 aromatic carbocycles. The Morgan fingerprint density at radius 3 is 2.55 bits per heavy atom. The summed E-state index contributed by atoms with van der Waals surface area (Å²) in [5.41, 5.74) is 0. The van der Waals surface area contributed by atoms with Gasteiger partial charge < -0.3 is 15.2 Å². The van der Waals surface area contributed by atoms with Gasteiger partial charge in [0.25, 0.3) is 0 Å². The van der Waals surface area contributed by atoms with E-state index in [1.54, 1.807) is 0 Å². The monoisotopic (exact) mass is 159 g/mol. The second-order valence-electron chi connectivity index (χ2n) is 1.69.